The maximum Gasteiger partial charge on any atom is 0.277 e. The van der Waals surface area contributed by atoms with Crippen LogP contribution in [0.2, 0.25) is 0 Å². The third-order valence-corrected chi connectivity index (χ3v) is 5.03. The van der Waals surface area contributed by atoms with Crippen molar-refractivity contribution in [1.29, 1.82) is 0 Å². The summed E-state index contributed by atoms with van der Waals surface area (Å²) in [4.78, 5) is 14.3. The summed E-state index contributed by atoms with van der Waals surface area (Å²) in [5.74, 6) is 2.80. The zero-order valence-electron chi connectivity index (χ0n) is 15.0. The molecule has 1 saturated heterocycles. The number of hydrogen-bond donors (Lipinski definition) is 0. The van der Waals surface area contributed by atoms with Gasteiger partial charge in [0, 0.05) is 32.0 Å². The number of thioether (sulfide) groups is 1. The molecule has 7 nitrogen and oxygen atoms in total. The molecule has 1 aliphatic rings. The first-order valence-electron chi connectivity index (χ1n) is 8.61. The van der Waals surface area contributed by atoms with E-state index in [4.69, 9.17) is 13.9 Å². The van der Waals surface area contributed by atoms with E-state index in [2.05, 4.69) is 10.2 Å². The van der Waals surface area contributed by atoms with E-state index in [9.17, 15) is 4.79 Å². The number of rotatable bonds is 7. The molecule has 2 heterocycles. The number of aromatic nitrogens is 2. The molecule has 0 spiro atoms. The van der Waals surface area contributed by atoms with Crippen molar-refractivity contribution in [3.05, 3.63) is 30.2 Å². The first-order chi connectivity index (χ1) is 12.6. The zero-order chi connectivity index (χ0) is 18.4. The number of methoxy groups -OCH3 is 1. The Morgan fingerprint density at radius 1 is 1.38 bits per heavy atom. The van der Waals surface area contributed by atoms with Crippen LogP contribution in [0.1, 0.15) is 18.7 Å². The van der Waals surface area contributed by atoms with Gasteiger partial charge in [0.05, 0.1) is 19.5 Å². The maximum absolute atomic E-state index is 12.4. The van der Waals surface area contributed by atoms with Crippen molar-refractivity contribution < 1.29 is 18.7 Å². The van der Waals surface area contributed by atoms with Crippen LogP contribution < -0.4 is 9.47 Å². The van der Waals surface area contributed by atoms with Gasteiger partial charge in [0.15, 0.2) is 0 Å². The number of amides is 1. The molecular formula is C18H23N3O4S. The quantitative estimate of drug-likeness (QED) is 0.687. The van der Waals surface area contributed by atoms with Crippen LogP contribution in [-0.4, -0.2) is 53.6 Å². The van der Waals surface area contributed by atoms with Crippen molar-refractivity contribution in [2.24, 2.45) is 5.92 Å². The van der Waals surface area contributed by atoms with E-state index in [-0.39, 0.29) is 5.91 Å². The second-order valence-corrected chi connectivity index (χ2v) is 7.14. The molecule has 1 amide bonds. The molecule has 1 fully saturated rings. The zero-order valence-corrected chi connectivity index (χ0v) is 15.8. The number of hydrogen-bond acceptors (Lipinski definition) is 7. The fourth-order valence-corrected chi connectivity index (χ4v) is 3.59. The van der Waals surface area contributed by atoms with Gasteiger partial charge in [0.2, 0.25) is 11.8 Å². The first-order valence-corrected chi connectivity index (χ1v) is 9.60. The summed E-state index contributed by atoms with van der Waals surface area (Å²) in [6, 6.07) is 7.57. The Hall–Kier alpha value is -2.22. The van der Waals surface area contributed by atoms with Gasteiger partial charge in [-0.15, -0.1) is 10.2 Å². The van der Waals surface area contributed by atoms with Crippen molar-refractivity contribution >= 4 is 17.7 Å². The van der Waals surface area contributed by atoms with Crippen LogP contribution in [-0.2, 0) is 4.79 Å². The van der Waals surface area contributed by atoms with Gasteiger partial charge in [-0.25, -0.2) is 0 Å². The average molecular weight is 377 g/mol. The lowest BCUT2D eigenvalue weighted by Crippen LogP contribution is -2.42. The SMILES string of the molecule is COc1cccc(OCC2CCCN(C(=O)CSc3nnc(C)o3)C2)c1. The third-order valence-electron chi connectivity index (χ3n) is 4.23. The van der Waals surface area contributed by atoms with Crippen LogP contribution in [0.25, 0.3) is 0 Å². The summed E-state index contributed by atoms with van der Waals surface area (Å²) in [5, 5.41) is 8.10. The van der Waals surface area contributed by atoms with Gasteiger partial charge >= 0.3 is 0 Å². The Balaban J connectivity index is 1.46. The van der Waals surface area contributed by atoms with E-state index < -0.39 is 0 Å². The minimum absolute atomic E-state index is 0.0944. The Labute approximate surface area is 157 Å². The lowest BCUT2D eigenvalue weighted by molar-refractivity contribution is -0.130. The summed E-state index contributed by atoms with van der Waals surface area (Å²) in [6.45, 7) is 3.83. The fraction of sp³-hybridized carbons (Fsp3) is 0.500. The van der Waals surface area contributed by atoms with E-state index in [0.717, 1.165) is 30.9 Å². The van der Waals surface area contributed by atoms with Gasteiger partial charge in [-0.3, -0.25) is 4.79 Å². The number of likely N-dealkylation sites (tertiary alicyclic amines) is 1. The number of carbonyl (C=O) groups is 1. The van der Waals surface area contributed by atoms with Gasteiger partial charge in [-0.2, -0.15) is 0 Å². The maximum atomic E-state index is 12.4. The fourth-order valence-electron chi connectivity index (χ4n) is 2.88. The highest BCUT2D eigenvalue weighted by molar-refractivity contribution is 7.99. The van der Waals surface area contributed by atoms with Crippen molar-refractivity contribution in [2.45, 2.75) is 25.0 Å². The Morgan fingerprint density at radius 2 is 2.23 bits per heavy atom. The monoisotopic (exact) mass is 377 g/mol. The second-order valence-electron chi connectivity index (χ2n) is 6.21. The molecule has 8 heteroatoms. The molecule has 1 aliphatic heterocycles. The Morgan fingerprint density at radius 3 is 3.00 bits per heavy atom. The van der Waals surface area contributed by atoms with Gasteiger partial charge in [0.25, 0.3) is 5.22 Å². The molecule has 2 aromatic rings. The highest BCUT2D eigenvalue weighted by Crippen LogP contribution is 2.23. The molecule has 0 N–H and O–H groups in total. The van der Waals surface area contributed by atoms with Crippen molar-refractivity contribution in [3.63, 3.8) is 0 Å². The average Bonchev–Trinajstić information content (AvgIpc) is 3.10. The van der Waals surface area contributed by atoms with E-state index in [0.29, 0.717) is 35.9 Å². The molecule has 1 aromatic carbocycles. The van der Waals surface area contributed by atoms with Crippen LogP contribution in [0.3, 0.4) is 0 Å². The molecule has 1 unspecified atom stereocenters. The lowest BCUT2D eigenvalue weighted by atomic mass is 9.99. The molecular weight excluding hydrogens is 354 g/mol. The van der Waals surface area contributed by atoms with Crippen LogP contribution >= 0.6 is 11.8 Å². The van der Waals surface area contributed by atoms with E-state index in [1.54, 1.807) is 14.0 Å². The molecule has 0 saturated carbocycles. The van der Waals surface area contributed by atoms with E-state index in [1.807, 2.05) is 29.2 Å². The molecule has 26 heavy (non-hydrogen) atoms. The molecule has 1 aromatic heterocycles. The van der Waals surface area contributed by atoms with Crippen LogP contribution in [0, 0.1) is 12.8 Å². The predicted molar refractivity (Wildman–Crippen MR) is 97.6 cm³/mol. The van der Waals surface area contributed by atoms with Gasteiger partial charge < -0.3 is 18.8 Å². The van der Waals surface area contributed by atoms with Crippen molar-refractivity contribution in [2.75, 3.05) is 32.6 Å². The minimum Gasteiger partial charge on any atom is -0.497 e. The number of benzene rings is 1. The molecule has 0 bridgehead atoms. The smallest absolute Gasteiger partial charge is 0.277 e. The van der Waals surface area contributed by atoms with Crippen molar-refractivity contribution in [3.8, 4) is 11.5 Å². The largest absolute Gasteiger partial charge is 0.497 e. The van der Waals surface area contributed by atoms with Gasteiger partial charge in [0.1, 0.15) is 11.5 Å². The number of ether oxygens (including phenoxy) is 2. The minimum atomic E-state index is 0.0944. The van der Waals surface area contributed by atoms with Crippen LogP contribution in [0.5, 0.6) is 11.5 Å². The van der Waals surface area contributed by atoms with E-state index >= 15 is 0 Å². The summed E-state index contributed by atoms with van der Waals surface area (Å²) in [7, 11) is 1.64. The highest BCUT2D eigenvalue weighted by atomic mass is 32.2. The summed E-state index contributed by atoms with van der Waals surface area (Å²) >= 11 is 1.28. The number of carbonyl (C=O) groups excluding carboxylic acids is 1. The summed E-state index contributed by atoms with van der Waals surface area (Å²) in [5.41, 5.74) is 0. The standard InChI is InChI=1S/C18H23N3O4S/c1-13-19-20-18(25-13)26-12-17(22)21-8-4-5-14(10-21)11-24-16-7-3-6-15(9-16)23-2/h3,6-7,9,14H,4-5,8,10-12H2,1-2H3. The van der Waals surface area contributed by atoms with E-state index in [1.165, 1.54) is 11.8 Å². The number of piperidine rings is 1. The lowest BCUT2D eigenvalue weighted by Gasteiger charge is -2.32. The Kier molecular flexibility index (Phi) is 6.38. The van der Waals surface area contributed by atoms with Gasteiger partial charge in [-0.1, -0.05) is 17.8 Å². The first kappa shape index (κ1) is 18.6. The van der Waals surface area contributed by atoms with Gasteiger partial charge in [-0.05, 0) is 25.0 Å². The predicted octanol–water partition coefficient (Wildman–Crippen LogP) is 2.80. The summed E-state index contributed by atoms with van der Waals surface area (Å²) < 4.78 is 16.4. The number of aryl methyl sites for hydroxylation is 1. The molecule has 0 radical (unpaired) electrons. The molecule has 1 atom stereocenters. The number of nitrogens with zero attached hydrogens (tertiary/aromatic N) is 3. The molecule has 0 aliphatic carbocycles. The van der Waals surface area contributed by atoms with Crippen LogP contribution in [0.4, 0.5) is 0 Å². The molecule has 140 valence electrons. The van der Waals surface area contributed by atoms with Crippen molar-refractivity contribution in [1.82, 2.24) is 15.1 Å². The topological polar surface area (TPSA) is 77.7 Å². The summed E-state index contributed by atoms with van der Waals surface area (Å²) in [6.07, 6.45) is 2.05. The normalized spacial score (nSPS) is 17.2. The second kappa shape index (κ2) is 8.93. The Bertz CT molecular complexity index is 737. The molecule has 3 rings (SSSR count). The third kappa shape index (κ3) is 5.14. The highest BCUT2D eigenvalue weighted by Gasteiger charge is 2.24. The van der Waals surface area contributed by atoms with Crippen LogP contribution in [0.15, 0.2) is 33.9 Å².